The summed E-state index contributed by atoms with van der Waals surface area (Å²) in [5.41, 5.74) is 4.32. The molecule has 0 spiro atoms. The Morgan fingerprint density at radius 1 is 0.966 bits per heavy atom. The Morgan fingerprint density at radius 2 is 1.69 bits per heavy atom. The number of aryl methyl sites for hydroxylation is 1. The molecule has 0 N–H and O–H groups in total. The molecule has 0 aliphatic rings. The second-order valence-corrected chi connectivity index (χ2v) is 7.68. The molecule has 4 nitrogen and oxygen atoms in total. The molecule has 2 aromatic carbocycles. The summed E-state index contributed by atoms with van der Waals surface area (Å²) in [6, 6.07) is 18.9. The van der Waals surface area contributed by atoms with Crippen LogP contribution in [0, 0.1) is 0 Å². The van der Waals surface area contributed by atoms with Crippen LogP contribution in [0.5, 0.6) is 0 Å². The molecule has 0 unspecified atom stereocenters. The lowest BCUT2D eigenvalue weighted by atomic mass is 10.0. The Kier molecular flexibility index (Phi) is 7.70. The van der Waals surface area contributed by atoms with Crippen LogP contribution >= 0.6 is 11.3 Å². The SMILES string of the molecule is CCOC(=O)Cc1csc(C(=O)CCCCc2ccc(-c3ccccc3)cc2)n1. The van der Waals surface area contributed by atoms with E-state index in [0.717, 1.165) is 19.3 Å². The monoisotopic (exact) mass is 407 g/mol. The number of aromatic nitrogens is 1. The number of unbranched alkanes of at least 4 members (excludes halogenated alkanes) is 1. The third-order valence-electron chi connectivity index (χ3n) is 4.60. The van der Waals surface area contributed by atoms with E-state index in [2.05, 4.69) is 41.4 Å². The maximum absolute atomic E-state index is 12.3. The van der Waals surface area contributed by atoms with Crippen molar-refractivity contribution in [2.24, 2.45) is 0 Å². The first-order valence-corrected chi connectivity index (χ1v) is 10.8. The number of rotatable bonds is 10. The van der Waals surface area contributed by atoms with Gasteiger partial charge in [-0.15, -0.1) is 11.3 Å². The zero-order chi connectivity index (χ0) is 20.5. The number of Topliss-reactive ketones (excluding diaryl/α,β-unsaturated/α-hetero) is 1. The van der Waals surface area contributed by atoms with E-state index in [1.165, 1.54) is 28.0 Å². The van der Waals surface area contributed by atoms with Gasteiger partial charge in [-0.3, -0.25) is 9.59 Å². The molecule has 0 radical (unpaired) electrons. The van der Waals surface area contributed by atoms with Crippen molar-refractivity contribution < 1.29 is 14.3 Å². The number of nitrogens with zero attached hydrogens (tertiary/aromatic N) is 1. The first-order valence-electron chi connectivity index (χ1n) is 9.93. The number of hydrogen-bond acceptors (Lipinski definition) is 5. The van der Waals surface area contributed by atoms with E-state index in [9.17, 15) is 9.59 Å². The molecule has 0 saturated carbocycles. The molecule has 1 heterocycles. The van der Waals surface area contributed by atoms with E-state index in [4.69, 9.17) is 4.74 Å². The van der Waals surface area contributed by atoms with Crippen LogP contribution < -0.4 is 0 Å². The Bertz CT molecular complexity index is 932. The molecule has 150 valence electrons. The zero-order valence-corrected chi connectivity index (χ0v) is 17.4. The van der Waals surface area contributed by atoms with Gasteiger partial charge in [0, 0.05) is 11.8 Å². The summed E-state index contributed by atoms with van der Waals surface area (Å²) in [4.78, 5) is 28.1. The molecule has 0 saturated heterocycles. The van der Waals surface area contributed by atoms with Crippen LogP contribution in [0.1, 0.15) is 47.2 Å². The van der Waals surface area contributed by atoms with Gasteiger partial charge in [0.15, 0.2) is 10.8 Å². The van der Waals surface area contributed by atoms with Gasteiger partial charge in [-0.05, 0) is 42.9 Å². The Hall–Kier alpha value is -2.79. The maximum Gasteiger partial charge on any atom is 0.311 e. The minimum atomic E-state index is -0.310. The molecule has 3 rings (SSSR count). The number of hydrogen-bond donors (Lipinski definition) is 0. The highest BCUT2D eigenvalue weighted by Crippen LogP contribution is 2.20. The molecule has 0 bridgehead atoms. The smallest absolute Gasteiger partial charge is 0.311 e. The highest BCUT2D eigenvalue weighted by Gasteiger charge is 2.13. The summed E-state index contributed by atoms with van der Waals surface area (Å²) in [5, 5.41) is 2.25. The van der Waals surface area contributed by atoms with Crippen LogP contribution in [-0.2, 0) is 22.4 Å². The van der Waals surface area contributed by atoms with Gasteiger partial charge in [-0.1, -0.05) is 54.6 Å². The molecule has 1 aromatic heterocycles. The summed E-state index contributed by atoms with van der Waals surface area (Å²) < 4.78 is 4.91. The van der Waals surface area contributed by atoms with Crippen LogP contribution in [0.3, 0.4) is 0 Å². The van der Waals surface area contributed by atoms with E-state index < -0.39 is 0 Å². The van der Waals surface area contributed by atoms with E-state index in [0.29, 0.717) is 23.7 Å². The fourth-order valence-electron chi connectivity index (χ4n) is 3.09. The summed E-state index contributed by atoms with van der Waals surface area (Å²) in [7, 11) is 0. The normalized spacial score (nSPS) is 10.7. The predicted molar refractivity (Wildman–Crippen MR) is 116 cm³/mol. The first-order chi connectivity index (χ1) is 14.2. The molecule has 0 amide bonds. The number of esters is 1. The van der Waals surface area contributed by atoms with E-state index >= 15 is 0 Å². The van der Waals surface area contributed by atoms with Gasteiger partial charge >= 0.3 is 5.97 Å². The van der Waals surface area contributed by atoms with Crippen molar-refractivity contribution >= 4 is 23.1 Å². The van der Waals surface area contributed by atoms with Crippen molar-refractivity contribution in [2.45, 2.75) is 39.0 Å². The minimum absolute atomic E-state index is 0.0459. The lowest BCUT2D eigenvalue weighted by Gasteiger charge is -2.04. The van der Waals surface area contributed by atoms with E-state index in [1.54, 1.807) is 12.3 Å². The number of carbonyl (C=O) groups is 2. The molecule has 5 heteroatoms. The van der Waals surface area contributed by atoms with Crippen LogP contribution in [0.25, 0.3) is 11.1 Å². The van der Waals surface area contributed by atoms with Gasteiger partial charge in [0.25, 0.3) is 0 Å². The van der Waals surface area contributed by atoms with Crippen LogP contribution in [0.4, 0.5) is 0 Å². The van der Waals surface area contributed by atoms with Gasteiger partial charge in [0.1, 0.15) is 0 Å². The predicted octanol–water partition coefficient (Wildman–Crippen LogP) is 5.51. The van der Waals surface area contributed by atoms with Gasteiger partial charge in [0.05, 0.1) is 18.7 Å². The first kappa shape index (κ1) is 20.9. The largest absolute Gasteiger partial charge is 0.466 e. The third kappa shape index (κ3) is 6.36. The highest BCUT2D eigenvalue weighted by atomic mass is 32.1. The second-order valence-electron chi connectivity index (χ2n) is 6.82. The standard InChI is InChI=1S/C24H25NO3S/c1-2-28-23(27)16-21-17-29-24(25-21)22(26)11-7-6-8-18-12-14-20(15-13-18)19-9-4-3-5-10-19/h3-5,9-10,12-15,17H,2,6-8,11,16H2,1H3. The fourth-order valence-corrected chi connectivity index (χ4v) is 3.88. The number of ether oxygens (including phenoxy) is 1. The van der Waals surface area contributed by atoms with Crippen molar-refractivity contribution in [3.05, 3.63) is 76.2 Å². The zero-order valence-electron chi connectivity index (χ0n) is 16.6. The summed E-state index contributed by atoms with van der Waals surface area (Å²) in [5.74, 6) is -0.264. The molecular formula is C24H25NO3S. The van der Waals surface area contributed by atoms with Gasteiger partial charge in [-0.25, -0.2) is 4.98 Å². The topological polar surface area (TPSA) is 56.3 Å². The van der Waals surface area contributed by atoms with Gasteiger partial charge < -0.3 is 4.74 Å². The minimum Gasteiger partial charge on any atom is -0.466 e. The highest BCUT2D eigenvalue weighted by molar-refractivity contribution is 7.11. The molecule has 0 atom stereocenters. The Labute approximate surface area is 175 Å². The quantitative estimate of drug-likeness (QED) is 0.253. The molecular weight excluding hydrogens is 382 g/mol. The third-order valence-corrected chi connectivity index (χ3v) is 5.53. The molecule has 0 aliphatic heterocycles. The Morgan fingerprint density at radius 3 is 2.41 bits per heavy atom. The summed E-state index contributed by atoms with van der Waals surface area (Å²) in [6.45, 7) is 2.12. The van der Waals surface area contributed by atoms with Crippen molar-refractivity contribution in [1.29, 1.82) is 0 Å². The van der Waals surface area contributed by atoms with Crippen LogP contribution in [0.15, 0.2) is 60.0 Å². The summed E-state index contributed by atoms with van der Waals surface area (Å²) >= 11 is 1.30. The molecule has 0 aliphatic carbocycles. The van der Waals surface area contributed by atoms with Crippen LogP contribution in [-0.4, -0.2) is 23.3 Å². The number of thiazole rings is 1. The van der Waals surface area contributed by atoms with Crippen molar-refractivity contribution in [2.75, 3.05) is 6.61 Å². The van der Waals surface area contributed by atoms with Gasteiger partial charge in [0.2, 0.25) is 0 Å². The average molecular weight is 408 g/mol. The van der Waals surface area contributed by atoms with Gasteiger partial charge in [-0.2, -0.15) is 0 Å². The number of ketones is 1. The average Bonchev–Trinajstić information content (AvgIpc) is 3.21. The van der Waals surface area contributed by atoms with Crippen molar-refractivity contribution in [1.82, 2.24) is 4.98 Å². The lowest BCUT2D eigenvalue weighted by Crippen LogP contribution is -2.08. The Balaban J connectivity index is 1.42. The van der Waals surface area contributed by atoms with Crippen LogP contribution in [0.2, 0.25) is 0 Å². The second kappa shape index (κ2) is 10.7. The maximum atomic E-state index is 12.3. The lowest BCUT2D eigenvalue weighted by molar-refractivity contribution is -0.142. The molecule has 29 heavy (non-hydrogen) atoms. The van der Waals surface area contributed by atoms with Crippen molar-refractivity contribution in [3.63, 3.8) is 0 Å². The molecule has 3 aromatic rings. The fraction of sp³-hybridized carbons (Fsp3) is 0.292. The number of benzene rings is 2. The number of carbonyl (C=O) groups excluding carboxylic acids is 2. The van der Waals surface area contributed by atoms with Crippen molar-refractivity contribution in [3.8, 4) is 11.1 Å². The summed E-state index contributed by atoms with van der Waals surface area (Å²) in [6.07, 6.45) is 3.34. The van der Waals surface area contributed by atoms with E-state index in [1.807, 2.05) is 18.2 Å². The molecule has 0 fully saturated rings. The van der Waals surface area contributed by atoms with E-state index in [-0.39, 0.29) is 18.2 Å².